The average Bonchev–Trinajstić information content (AvgIpc) is 2.36. The van der Waals surface area contributed by atoms with E-state index in [2.05, 4.69) is 18.1 Å². The van der Waals surface area contributed by atoms with Crippen molar-refractivity contribution in [1.82, 2.24) is 4.90 Å². The number of rotatable bonds is 8. The van der Waals surface area contributed by atoms with Gasteiger partial charge >= 0.3 is 0 Å². The Hall–Kier alpha value is -1.58. The number of ketones is 1. The Kier molecular flexibility index (Phi) is 8.58. The smallest absolute Gasteiger partial charge is 0.167 e. The third-order valence-electron chi connectivity index (χ3n) is 2.63. The molecule has 3 nitrogen and oxygen atoms in total. The van der Waals surface area contributed by atoms with E-state index in [4.69, 9.17) is 0 Å². The number of carbonyl (C=O) groups is 1. The number of Topliss-reactive ketones (excluding diaryl/α,β-unsaturated/α-hetero) is 1. The van der Waals surface area contributed by atoms with Crippen LogP contribution in [0, 0.1) is 0 Å². The summed E-state index contributed by atoms with van der Waals surface area (Å²) in [7, 11) is 0. The maximum atomic E-state index is 11.9. The molecule has 104 valence electrons. The lowest BCUT2D eigenvalue weighted by molar-refractivity contribution is 0.0966. The minimum absolute atomic E-state index is 0. The lowest BCUT2D eigenvalue weighted by Gasteiger charge is -2.18. The second-order valence-electron chi connectivity index (χ2n) is 4.03. The van der Waals surface area contributed by atoms with E-state index in [1.165, 1.54) is 6.07 Å². The molecule has 1 aromatic carbocycles. The highest BCUT2D eigenvalue weighted by Gasteiger charge is 2.11. The molecule has 1 rings (SSSR count). The predicted octanol–water partition coefficient (Wildman–Crippen LogP) is 3.06. The first-order valence-electron chi connectivity index (χ1n) is 5.94. The van der Waals surface area contributed by atoms with Gasteiger partial charge in [-0.15, -0.1) is 25.6 Å². The molecule has 19 heavy (non-hydrogen) atoms. The predicted molar refractivity (Wildman–Crippen MR) is 81.1 cm³/mol. The number of hydrogen-bond acceptors (Lipinski definition) is 3. The fourth-order valence-electron chi connectivity index (χ4n) is 1.73. The van der Waals surface area contributed by atoms with Crippen molar-refractivity contribution in [2.45, 2.75) is 6.42 Å². The fraction of sp³-hybridized carbons (Fsp3) is 0.267. The van der Waals surface area contributed by atoms with Gasteiger partial charge in [-0.25, -0.2) is 0 Å². The van der Waals surface area contributed by atoms with Crippen molar-refractivity contribution < 1.29 is 9.90 Å². The van der Waals surface area contributed by atoms with Crippen LogP contribution in [0.4, 0.5) is 0 Å². The van der Waals surface area contributed by atoms with E-state index in [1.54, 1.807) is 30.4 Å². The van der Waals surface area contributed by atoms with Gasteiger partial charge in [0.1, 0.15) is 5.75 Å². The Labute approximate surface area is 120 Å². The van der Waals surface area contributed by atoms with Crippen LogP contribution in [0.25, 0.3) is 0 Å². The van der Waals surface area contributed by atoms with Crippen LogP contribution in [-0.2, 0) is 0 Å². The van der Waals surface area contributed by atoms with Crippen molar-refractivity contribution in [3.8, 4) is 5.75 Å². The minimum Gasteiger partial charge on any atom is -0.507 e. The van der Waals surface area contributed by atoms with Crippen LogP contribution in [0.15, 0.2) is 49.6 Å². The molecule has 0 amide bonds. The molecule has 0 saturated carbocycles. The largest absolute Gasteiger partial charge is 0.507 e. The molecule has 0 fully saturated rings. The second-order valence-corrected chi connectivity index (χ2v) is 4.03. The summed E-state index contributed by atoms with van der Waals surface area (Å²) in [4.78, 5) is 14.0. The average molecular weight is 282 g/mol. The number of benzene rings is 1. The molecule has 4 heteroatoms. The Morgan fingerprint density at radius 2 is 1.79 bits per heavy atom. The quantitative estimate of drug-likeness (QED) is 0.588. The van der Waals surface area contributed by atoms with E-state index in [9.17, 15) is 9.90 Å². The normalized spacial score (nSPS) is 9.74. The topological polar surface area (TPSA) is 40.5 Å². The number of aromatic hydroxyl groups is 1. The molecule has 0 aliphatic heterocycles. The maximum absolute atomic E-state index is 11.9. The van der Waals surface area contributed by atoms with E-state index in [0.717, 1.165) is 13.1 Å². The molecular formula is C15H20ClNO2. The van der Waals surface area contributed by atoms with Gasteiger partial charge in [0.15, 0.2) is 5.78 Å². The summed E-state index contributed by atoms with van der Waals surface area (Å²) < 4.78 is 0. The molecule has 0 aliphatic rings. The van der Waals surface area contributed by atoms with E-state index in [-0.39, 0.29) is 23.9 Å². The van der Waals surface area contributed by atoms with Gasteiger partial charge in [-0.3, -0.25) is 9.69 Å². The van der Waals surface area contributed by atoms with Gasteiger partial charge in [0.2, 0.25) is 0 Å². The number of para-hydroxylation sites is 1. The van der Waals surface area contributed by atoms with Crippen molar-refractivity contribution in [2.75, 3.05) is 19.6 Å². The summed E-state index contributed by atoms with van der Waals surface area (Å²) in [5, 5.41) is 9.59. The minimum atomic E-state index is -0.0498. The van der Waals surface area contributed by atoms with Crippen LogP contribution in [0.5, 0.6) is 5.75 Å². The molecule has 0 spiro atoms. The molecule has 1 N–H and O–H groups in total. The highest BCUT2D eigenvalue weighted by atomic mass is 35.5. The van der Waals surface area contributed by atoms with Gasteiger partial charge in [-0.1, -0.05) is 24.3 Å². The van der Waals surface area contributed by atoms with Crippen LogP contribution < -0.4 is 0 Å². The summed E-state index contributed by atoms with van der Waals surface area (Å²) in [6.07, 6.45) is 3.97. The van der Waals surface area contributed by atoms with Gasteiger partial charge in [-0.2, -0.15) is 0 Å². The highest BCUT2D eigenvalue weighted by molar-refractivity contribution is 5.98. The van der Waals surface area contributed by atoms with Crippen LogP contribution in [0.2, 0.25) is 0 Å². The van der Waals surface area contributed by atoms with Crippen LogP contribution in [0.1, 0.15) is 16.8 Å². The fourth-order valence-corrected chi connectivity index (χ4v) is 1.73. The van der Waals surface area contributed by atoms with E-state index >= 15 is 0 Å². The Balaban J connectivity index is 0.00000324. The van der Waals surface area contributed by atoms with Gasteiger partial charge < -0.3 is 5.11 Å². The lowest BCUT2D eigenvalue weighted by atomic mass is 10.1. The second kappa shape index (κ2) is 9.36. The first-order valence-corrected chi connectivity index (χ1v) is 5.94. The molecular weight excluding hydrogens is 262 g/mol. The number of halogens is 1. The molecule has 0 aliphatic carbocycles. The molecule has 0 atom stereocenters. The van der Waals surface area contributed by atoms with Crippen molar-refractivity contribution in [2.24, 2.45) is 0 Å². The van der Waals surface area contributed by atoms with E-state index in [0.29, 0.717) is 18.5 Å². The molecule has 0 radical (unpaired) electrons. The number of phenols is 1. The molecule has 0 bridgehead atoms. The van der Waals surface area contributed by atoms with Gasteiger partial charge in [0.05, 0.1) is 5.56 Å². The third-order valence-corrected chi connectivity index (χ3v) is 2.63. The summed E-state index contributed by atoms with van der Waals surface area (Å²) in [5.41, 5.74) is 0.384. The van der Waals surface area contributed by atoms with Crippen LogP contribution in [0.3, 0.4) is 0 Å². The van der Waals surface area contributed by atoms with E-state index < -0.39 is 0 Å². The summed E-state index contributed by atoms with van der Waals surface area (Å²) in [6, 6.07) is 6.62. The van der Waals surface area contributed by atoms with E-state index in [1.807, 2.05) is 0 Å². The molecule has 0 aromatic heterocycles. The Bertz CT molecular complexity index is 422. The Morgan fingerprint density at radius 3 is 2.32 bits per heavy atom. The number of nitrogens with zero attached hydrogens (tertiary/aromatic N) is 1. The molecule has 0 unspecified atom stereocenters. The zero-order chi connectivity index (χ0) is 13.4. The standard InChI is InChI=1S/C15H19NO2.ClH/c1-3-10-16(11-4-2)12-9-15(18)13-7-5-6-8-14(13)17;/h3-8,17H,1-2,9-12H2;1H. The number of carbonyl (C=O) groups excluding carboxylic acids is 1. The first kappa shape index (κ1) is 17.4. The number of hydrogen-bond donors (Lipinski definition) is 1. The Morgan fingerprint density at radius 1 is 1.21 bits per heavy atom. The maximum Gasteiger partial charge on any atom is 0.167 e. The van der Waals surface area contributed by atoms with Crippen LogP contribution in [-0.4, -0.2) is 35.4 Å². The summed E-state index contributed by atoms with van der Waals surface area (Å²) >= 11 is 0. The molecule has 0 saturated heterocycles. The van der Waals surface area contributed by atoms with Gasteiger partial charge in [0, 0.05) is 26.1 Å². The summed E-state index contributed by atoms with van der Waals surface area (Å²) in [6.45, 7) is 9.44. The highest BCUT2D eigenvalue weighted by Crippen LogP contribution is 2.17. The molecule has 1 aromatic rings. The number of phenolic OH excluding ortho intramolecular Hbond substituents is 1. The van der Waals surface area contributed by atoms with Crippen molar-refractivity contribution in [1.29, 1.82) is 0 Å². The monoisotopic (exact) mass is 281 g/mol. The van der Waals surface area contributed by atoms with Gasteiger partial charge in [-0.05, 0) is 12.1 Å². The zero-order valence-corrected chi connectivity index (χ0v) is 11.7. The first-order chi connectivity index (χ1) is 8.69. The lowest BCUT2D eigenvalue weighted by Crippen LogP contribution is -2.26. The SMILES string of the molecule is C=CCN(CC=C)CCC(=O)c1ccccc1O.Cl. The van der Waals surface area contributed by atoms with Crippen molar-refractivity contribution >= 4 is 18.2 Å². The zero-order valence-electron chi connectivity index (χ0n) is 10.9. The third kappa shape index (κ3) is 5.73. The molecule has 0 heterocycles. The van der Waals surface area contributed by atoms with Gasteiger partial charge in [0.25, 0.3) is 0 Å². The van der Waals surface area contributed by atoms with Crippen molar-refractivity contribution in [3.63, 3.8) is 0 Å². The van der Waals surface area contributed by atoms with Crippen LogP contribution >= 0.6 is 12.4 Å². The van der Waals surface area contributed by atoms with Crippen molar-refractivity contribution in [3.05, 3.63) is 55.1 Å². The summed E-state index contributed by atoms with van der Waals surface area (Å²) in [5.74, 6) is -0.00674.